The third-order valence-corrected chi connectivity index (χ3v) is 2.82. The molecule has 0 fully saturated rings. The Hall–Kier alpha value is -0.750. The average molecular weight is 265 g/mol. The fourth-order valence-corrected chi connectivity index (χ4v) is 1.93. The molecule has 0 aromatic heterocycles. The van der Waals surface area contributed by atoms with Gasteiger partial charge in [0.25, 0.3) is 6.43 Å². The maximum Gasteiger partial charge on any atom is 0.251 e. The number of hydrogen-bond donors (Lipinski definition) is 2. The normalized spacial score (nSPS) is 15.4. The topological polar surface area (TPSA) is 58.4 Å². The van der Waals surface area contributed by atoms with E-state index in [1.807, 2.05) is 13.8 Å². The van der Waals surface area contributed by atoms with Crippen LogP contribution in [-0.2, 0) is 4.79 Å². The van der Waals surface area contributed by atoms with Gasteiger partial charge in [-0.3, -0.25) is 4.79 Å². The molecule has 108 valence electrons. The number of nitrogens with two attached hydrogens (primary N) is 1. The van der Waals surface area contributed by atoms with E-state index in [-0.39, 0.29) is 12.6 Å². The molecule has 0 aliphatic rings. The zero-order chi connectivity index (χ0) is 14.3. The van der Waals surface area contributed by atoms with E-state index in [9.17, 15) is 13.6 Å². The molecular formula is C12H25F2N3O. The van der Waals surface area contributed by atoms with Crippen LogP contribution in [0.5, 0.6) is 0 Å². The lowest BCUT2D eigenvalue weighted by atomic mass is 9.94. The molecule has 4 nitrogen and oxygen atoms in total. The summed E-state index contributed by atoms with van der Waals surface area (Å²) in [5.41, 5.74) is 4.60. The molecule has 1 atom stereocenters. The molecule has 0 saturated heterocycles. The van der Waals surface area contributed by atoms with Crippen LogP contribution in [0.1, 0.15) is 33.6 Å². The van der Waals surface area contributed by atoms with E-state index in [1.165, 1.54) is 0 Å². The zero-order valence-corrected chi connectivity index (χ0v) is 11.7. The van der Waals surface area contributed by atoms with E-state index in [0.717, 1.165) is 0 Å². The molecule has 0 aromatic carbocycles. The van der Waals surface area contributed by atoms with Gasteiger partial charge in [0.05, 0.1) is 12.1 Å². The standard InChI is InChI=1S/C12H25F2N3O/c1-9(2)16-12(3,11(15)18)6-5-7-17(4)8-10(13)14/h9-10,16H,5-8H2,1-4H3,(H2,15,18). The first kappa shape index (κ1) is 17.2. The minimum Gasteiger partial charge on any atom is -0.368 e. The molecule has 3 N–H and O–H groups in total. The van der Waals surface area contributed by atoms with Gasteiger partial charge in [0.15, 0.2) is 0 Å². The van der Waals surface area contributed by atoms with E-state index in [4.69, 9.17) is 5.73 Å². The Balaban J connectivity index is 4.17. The number of alkyl halides is 2. The van der Waals surface area contributed by atoms with Crippen molar-refractivity contribution < 1.29 is 13.6 Å². The van der Waals surface area contributed by atoms with Gasteiger partial charge in [0.2, 0.25) is 5.91 Å². The number of amides is 1. The molecular weight excluding hydrogens is 240 g/mol. The van der Waals surface area contributed by atoms with Crippen LogP contribution in [0.2, 0.25) is 0 Å². The first-order valence-corrected chi connectivity index (χ1v) is 6.21. The summed E-state index contributed by atoms with van der Waals surface area (Å²) in [7, 11) is 1.64. The van der Waals surface area contributed by atoms with Crippen LogP contribution < -0.4 is 11.1 Å². The number of rotatable bonds is 9. The molecule has 1 amide bonds. The summed E-state index contributed by atoms with van der Waals surface area (Å²) in [6.45, 7) is 5.90. The van der Waals surface area contributed by atoms with E-state index in [1.54, 1.807) is 18.9 Å². The quantitative estimate of drug-likeness (QED) is 0.659. The van der Waals surface area contributed by atoms with E-state index in [2.05, 4.69) is 5.32 Å². The predicted octanol–water partition coefficient (Wildman–Crippen LogP) is 1.21. The molecule has 0 bridgehead atoms. The van der Waals surface area contributed by atoms with Crippen molar-refractivity contribution in [1.29, 1.82) is 0 Å². The van der Waals surface area contributed by atoms with Crippen molar-refractivity contribution in [2.75, 3.05) is 20.1 Å². The number of primary amides is 1. The average Bonchev–Trinajstić information content (AvgIpc) is 2.14. The van der Waals surface area contributed by atoms with Crippen LogP contribution in [0.15, 0.2) is 0 Å². The van der Waals surface area contributed by atoms with E-state index < -0.39 is 17.9 Å². The molecule has 6 heteroatoms. The van der Waals surface area contributed by atoms with Gasteiger partial charge in [0.1, 0.15) is 0 Å². The molecule has 0 rings (SSSR count). The fourth-order valence-electron chi connectivity index (χ4n) is 1.93. The second-order valence-corrected chi connectivity index (χ2v) is 5.25. The van der Waals surface area contributed by atoms with Crippen molar-refractivity contribution >= 4 is 5.91 Å². The smallest absolute Gasteiger partial charge is 0.251 e. The second-order valence-electron chi connectivity index (χ2n) is 5.25. The Kier molecular flexibility index (Phi) is 7.32. The van der Waals surface area contributed by atoms with Crippen LogP contribution in [0, 0.1) is 0 Å². The maximum atomic E-state index is 12.1. The largest absolute Gasteiger partial charge is 0.368 e. The van der Waals surface area contributed by atoms with Gasteiger partial charge >= 0.3 is 0 Å². The first-order valence-electron chi connectivity index (χ1n) is 6.21. The highest BCUT2D eigenvalue weighted by atomic mass is 19.3. The van der Waals surface area contributed by atoms with Crippen LogP contribution >= 0.6 is 0 Å². The lowest BCUT2D eigenvalue weighted by Gasteiger charge is -2.30. The molecule has 18 heavy (non-hydrogen) atoms. The van der Waals surface area contributed by atoms with Crippen molar-refractivity contribution in [2.24, 2.45) is 5.73 Å². The Labute approximate surface area is 108 Å². The molecule has 0 saturated carbocycles. The predicted molar refractivity (Wildman–Crippen MR) is 68.6 cm³/mol. The van der Waals surface area contributed by atoms with Crippen molar-refractivity contribution in [3.63, 3.8) is 0 Å². The van der Waals surface area contributed by atoms with Gasteiger partial charge in [-0.25, -0.2) is 8.78 Å². The fraction of sp³-hybridized carbons (Fsp3) is 0.917. The van der Waals surface area contributed by atoms with Crippen molar-refractivity contribution in [1.82, 2.24) is 10.2 Å². The summed E-state index contributed by atoms with van der Waals surface area (Å²) in [5.74, 6) is -0.410. The molecule has 0 radical (unpaired) electrons. The van der Waals surface area contributed by atoms with Gasteiger partial charge in [-0.2, -0.15) is 0 Å². The van der Waals surface area contributed by atoms with Crippen molar-refractivity contribution in [2.45, 2.75) is 51.6 Å². The SMILES string of the molecule is CC(C)NC(C)(CCCN(C)CC(F)F)C(N)=O. The van der Waals surface area contributed by atoms with Gasteiger partial charge in [-0.15, -0.1) is 0 Å². The molecule has 0 heterocycles. The molecule has 1 unspecified atom stereocenters. The van der Waals surface area contributed by atoms with Gasteiger partial charge in [-0.05, 0) is 47.2 Å². The number of hydrogen-bond acceptors (Lipinski definition) is 3. The molecule has 0 aliphatic carbocycles. The summed E-state index contributed by atoms with van der Waals surface area (Å²) < 4.78 is 24.2. The third kappa shape index (κ3) is 6.86. The second kappa shape index (κ2) is 7.63. The summed E-state index contributed by atoms with van der Waals surface area (Å²) in [4.78, 5) is 13.0. The Morgan fingerprint density at radius 2 is 2.00 bits per heavy atom. The highest BCUT2D eigenvalue weighted by molar-refractivity contribution is 5.84. The number of nitrogens with one attached hydrogen (secondary N) is 1. The van der Waals surface area contributed by atoms with E-state index in [0.29, 0.717) is 19.4 Å². The third-order valence-electron chi connectivity index (χ3n) is 2.82. The van der Waals surface area contributed by atoms with Crippen LogP contribution in [0.25, 0.3) is 0 Å². The lowest BCUT2D eigenvalue weighted by molar-refractivity contribution is -0.124. The number of nitrogens with zero attached hydrogens (tertiary/aromatic N) is 1. The lowest BCUT2D eigenvalue weighted by Crippen LogP contribution is -2.55. The number of carbonyl (C=O) groups excluding carboxylic acids is 1. The summed E-state index contributed by atoms with van der Waals surface area (Å²) in [5, 5.41) is 3.13. The van der Waals surface area contributed by atoms with Crippen LogP contribution in [-0.4, -0.2) is 49.0 Å². The van der Waals surface area contributed by atoms with Crippen molar-refractivity contribution in [3.05, 3.63) is 0 Å². The monoisotopic (exact) mass is 265 g/mol. The summed E-state index contributed by atoms with van der Waals surface area (Å²) >= 11 is 0. The summed E-state index contributed by atoms with van der Waals surface area (Å²) in [6, 6.07) is 0.140. The van der Waals surface area contributed by atoms with Crippen LogP contribution in [0.3, 0.4) is 0 Å². The minimum absolute atomic E-state index is 0.140. The highest BCUT2D eigenvalue weighted by Crippen LogP contribution is 2.13. The van der Waals surface area contributed by atoms with Gasteiger partial charge in [-0.1, -0.05) is 0 Å². The molecule has 0 aromatic rings. The number of halogens is 2. The van der Waals surface area contributed by atoms with Crippen molar-refractivity contribution in [3.8, 4) is 0 Å². The van der Waals surface area contributed by atoms with Crippen LogP contribution in [0.4, 0.5) is 8.78 Å². The minimum atomic E-state index is -2.33. The highest BCUT2D eigenvalue weighted by Gasteiger charge is 2.30. The first-order chi connectivity index (χ1) is 8.17. The summed E-state index contributed by atoms with van der Waals surface area (Å²) in [6.07, 6.45) is -1.15. The molecule has 0 aliphatic heterocycles. The van der Waals surface area contributed by atoms with Gasteiger partial charge in [0, 0.05) is 6.04 Å². The zero-order valence-electron chi connectivity index (χ0n) is 11.7. The van der Waals surface area contributed by atoms with Gasteiger partial charge < -0.3 is 16.0 Å². The number of carbonyl (C=O) groups is 1. The molecule has 0 spiro atoms. The Morgan fingerprint density at radius 3 is 2.39 bits per heavy atom. The van der Waals surface area contributed by atoms with E-state index >= 15 is 0 Å². The maximum absolute atomic E-state index is 12.1. The Morgan fingerprint density at radius 1 is 1.44 bits per heavy atom. The Bertz CT molecular complexity index is 262.